The van der Waals surface area contributed by atoms with Gasteiger partial charge in [-0.05, 0) is 48.6 Å². The molecule has 4 rings (SSSR count). The summed E-state index contributed by atoms with van der Waals surface area (Å²) in [7, 11) is -5.66. The number of benzene rings is 3. The fourth-order valence-electron chi connectivity index (χ4n) is 5.19. The van der Waals surface area contributed by atoms with Crippen molar-refractivity contribution in [3.05, 3.63) is 104 Å². The van der Waals surface area contributed by atoms with Crippen LogP contribution in [0.4, 0.5) is 23.2 Å². The third kappa shape index (κ3) is 7.07. The summed E-state index contributed by atoms with van der Waals surface area (Å²) in [5, 5.41) is 0.793. The van der Waals surface area contributed by atoms with Crippen molar-refractivity contribution in [2.24, 2.45) is 0 Å². The third-order valence-corrected chi connectivity index (χ3v) is 8.52. The Morgan fingerprint density at radius 1 is 0.870 bits per heavy atom. The van der Waals surface area contributed by atoms with Crippen LogP contribution in [0, 0.1) is 23.3 Å². The highest BCUT2D eigenvalue weighted by Crippen LogP contribution is 2.30. The van der Waals surface area contributed by atoms with E-state index < -0.39 is 55.3 Å². The number of aryl methyl sites for hydroxylation is 1. The molecule has 46 heavy (non-hydrogen) atoms. The fraction of sp³-hybridized carbons (Fsp3) is 0.294. The first kappa shape index (κ1) is 34.6. The van der Waals surface area contributed by atoms with E-state index in [0.29, 0.717) is 23.1 Å². The Morgan fingerprint density at radius 2 is 1.46 bits per heavy atom. The minimum absolute atomic E-state index is 0.325. The minimum Gasteiger partial charge on any atom is -0.422 e. The van der Waals surface area contributed by atoms with Crippen LogP contribution in [0.5, 0.6) is 0 Å². The molecule has 0 bridgehead atoms. The number of carbonyl (C=O) groups is 1. The van der Waals surface area contributed by atoms with Crippen LogP contribution in [0.1, 0.15) is 79.1 Å². The maximum absolute atomic E-state index is 14.5. The summed E-state index contributed by atoms with van der Waals surface area (Å²) >= 11 is 0. The number of carbonyl (C=O) groups excluding carboxylic acids is 1. The van der Waals surface area contributed by atoms with Gasteiger partial charge in [0.25, 0.3) is 0 Å². The molecule has 0 unspecified atom stereocenters. The summed E-state index contributed by atoms with van der Waals surface area (Å²) in [6.07, 6.45) is 7.86. The van der Waals surface area contributed by atoms with Gasteiger partial charge in [0.15, 0.2) is 33.9 Å². The molecule has 7 nitrogen and oxygen atoms in total. The number of hydrogen-bond donors (Lipinski definition) is 1. The Bertz CT molecular complexity index is 1930. The summed E-state index contributed by atoms with van der Waals surface area (Å²) in [6, 6.07) is 10.9. The molecule has 0 radical (unpaired) electrons. The number of rotatable bonds is 13. The summed E-state index contributed by atoms with van der Waals surface area (Å²) in [5.41, 5.74) is 0.470. The number of hydrogen-bond acceptors (Lipinski definition) is 6. The molecule has 0 spiro atoms. The third-order valence-electron chi connectivity index (χ3n) is 7.64. The monoisotopic (exact) mass is 659 g/mol. The van der Waals surface area contributed by atoms with Crippen LogP contribution >= 0.6 is 0 Å². The van der Waals surface area contributed by atoms with E-state index in [0.717, 1.165) is 67.5 Å². The summed E-state index contributed by atoms with van der Waals surface area (Å²) in [4.78, 5) is 25.9. The van der Waals surface area contributed by atoms with Gasteiger partial charge in [-0.15, -0.1) is 0 Å². The highest BCUT2D eigenvalue weighted by molar-refractivity contribution is 7.85. The van der Waals surface area contributed by atoms with Crippen molar-refractivity contribution in [1.29, 1.82) is 0 Å². The zero-order valence-electron chi connectivity index (χ0n) is 25.5. The van der Waals surface area contributed by atoms with Gasteiger partial charge in [0.05, 0.1) is 5.56 Å². The lowest BCUT2D eigenvalue weighted by Gasteiger charge is -2.25. The molecular weight excluding hydrogens is 626 g/mol. The van der Waals surface area contributed by atoms with Gasteiger partial charge in [0.1, 0.15) is 11.1 Å². The zero-order chi connectivity index (χ0) is 33.8. The molecule has 4 aromatic rings. The molecule has 0 aliphatic heterocycles. The normalized spacial score (nSPS) is 11.9. The van der Waals surface area contributed by atoms with Gasteiger partial charge in [-0.3, -0.25) is 9.35 Å². The summed E-state index contributed by atoms with van der Waals surface area (Å²) < 4.78 is 94.5. The standard InChI is InChI=1S/C34H33F4NO6S/c1-4-7-17-39(18-8-5-2)22-14-16-24-23(6-3)25(34(41)45-26(24)19-22)15-11-20-9-12-21(13-10-20)32(40)27-28(35)30(37)33(46(42,43)44)31(38)29(27)36/h9-16,19H,4-8,17-18H2,1-3H3,(H,42,43,44)/b15-11+. The Kier molecular flexibility index (Phi) is 10.8. The molecule has 1 aromatic heterocycles. The first-order chi connectivity index (χ1) is 21.8. The lowest BCUT2D eigenvalue weighted by Crippen LogP contribution is -2.25. The average molecular weight is 660 g/mol. The van der Waals surface area contributed by atoms with Gasteiger partial charge in [-0.1, -0.05) is 64.0 Å². The number of halogens is 4. The number of ketones is 1. The smallest absolute Gasteiger partial charge is 0.343 e. The van der Waals surface area contributed by atoms with Crippen LogP contribution in [0.3, 0.4) is 0 Å². The first-order valence-corrected chi connectivity index (χ1v) is 16.3. The minimum atomic E-state index is -5.66. The van der Waals surface area contributed by atoms with Crippen molar-refractivity contribution < 1.29 is 39.7 Å². The second kappa shape index (κ2) is 14.4. The van der Waals surface area contributed by atoms with E-state index in [1.807, 2.05) is 25.1 Å². The molecule has 1 N–H and O–H groups in total. The maximum atomic E-state index is 14.5. The van der Waals surface area contributed by atoms with Crippen molar-refractivity contribution in [1.82, 2.24) is 0 Å². The van der Waals surface area contributed by atoms with E-state index in [9.17, 15) is 35.6 Å². The molecule has 0 fully saturated rings. The quantitative estimate of drug-likeness (QED) is 0.0510. The van der Waals surface area contributed by atoms with Crippen LogP contribution in [-0.4, -0.2) is 31.8 Å². The van der Waals surface area contributed by atoms with Crippen molar-refractivity contribution in [3.63, 3.8) is 0 Å². The zero-order valence-corrected chi connectivity index (χ0v) is 26.3. The van der Waals surface area contributed by atoms with Gasteiger partial charge in [0.2, 0.25) is 0 Å². The lowest BCUT2D eigenvalue weighted by atomic mass is 9.99. The summed E-state index contributed by atoms with van der Waals surface area (Å²) in [5.74, 6) is -10.8. The van der Waals surface area contributed by atoms with Crippen LogP contribution in [0.25, 0.3) is 23.1 Å². The molecule has 3 aromatic carbocycles. The predicted octanol–water partition coefficient (Wildman–Crippen LogP) is 7.97. The number of nitrogens with zero attached hydrogens (tertiary/aromatic N) is 1. The Labute approximate surface area is 263 Å². The molecule has 1 heterocycles. The van der Waals surface area contributed by atoms with E-state index in [4.69, 9.17) is 8.97 Å². The molecule has 0 aliphatic rings. The van der Waals surface area contributed by atoms with Crippen LogP contribution < -0.4 is 10.5 Å². The van der Waals surface area contributed by atoms with E-state index in [-0.39, 0.29) is 5.56 Å². The maximum Gasteiger partial charge on any atom is 0.343 e. The Balaban J connectivity index is 1.64. The highest BCUT2D eigenvalue weighted by atomic mass is 32.2. The fourth-order valence-corrected chi connectivity index (χ4v) is 5.82. The van der Waals surface area contributed by atoms with E-state index in [1.54, 1.807) is 12.2 Å². The van der Waals surface area contributed by atoms with Crippen LogP contribution in [0.2, 0.25) is 0 Å². The molecule has 0 aliphatic carbocycles. The van der Waals surface area contributed by atoms with Gasteiger partial charge >= 0.3 is 15.7 Å². The van der Waals surface area contributed by atoms with Gasteiger partial charge in [-0.2, -0.15) is 8.42 Å². The topological polar surface area (TPSA) is 105 Å². The van der Waals surface area contributed by atoms with Crippen molar-refractivity contribution >= 4 is 44.7 Å². The van der Waals surface area contributed by atoms with Crippen LogP contribution in [-0.2, 0) is 16.5 Å². The molecule has 0 amide bonds. The van der Waals surface area contributed by atoms with Crippen molar-refractivity contribution in [2.75, 3.05) is 18.0 Å². The number of fused-ring (bicyclic) bond motifs is 1. The summed E-state index contributed by atoms with van der Waals surface area (Å²) in [6.45, 7) is 7.99. The number of anilines is 1. The first-order valence-electron chi connectivity index (χ1n) is 14.8. The van der Waals surface area contributed by atoms with E-state index >= 15 is 0 Å². The molecule has 0 saturated heterocycles. The van der Waals surface area contributed by atoms with Gasteiger partial charge in [-0.25, -0.2) is 22.4 Å². The molecule has 12 heteroatoms. The average Bonchev–Trinajstić information content (AvgIpc) is 3.02. The van der Waals surface area contributed by atoms with E-state index in [2.05, 4.69) is 18.7 Å². The molecule has 244 valence electrons. The van der Waals surface area contributed by atoms with Crippen LogP contribution in [0.15, 0.2) is 56.6 Å². The predicted molar refractivity (Wildman–Crippen MR) is 169 cm³/mol. The van der Waals surface area contributed by atoms with Crippen molar-refractivity contribution in [2.45, 2.75) is 57.8 Å². The molecule has 0 saturated carbocycles. The Hall–Kier alpha value is -4.29. The van der Waals surface area contributed by atoms with Gasteiger partial charge in [0, 0.05) is 35.8 Å². The van der Waals surface area contributed by atoms with E-state index in [1.165, 1.54) is 12.1 Å². The Morgan fingerprint density at radius 3 is 1.98 bits per heavy atom. The number of unbranched alkanes of at least 4 members (excludes halogenated alkanes) is 2. The van der Waals surface area contributed by atoms with Crippen molar-refractivity contribution in [3.8, 4) is 0 Å². The lowest BCUT2D eigenvalue weighted by molar-refractivity contribution is 0.102. The molecule has 0 atom stereocenters. The van der Waals surface area contributed by atoms with Gasteiger partial charge < -0.3 is 9.32 Å². The highest BCUT2D eigenvalue weighted by Gasteiger charge is 2.34. The SMILES string of the molecule is CCCCN(CCCC)c1ccc2c(CC)c(/C=C/c3ccc(C(=O)c4c(F)c(F)c(S(=O)(=O)O)c(F)c4F)cc3)c(=O)oc2c1. The second-order valence-electron chi connectivity index (χ2n) is 10.7. The molecular formula is C34H33F4NO6S. The largest absolute Gasteiger partial charge is 0.422 e. The second-order valence-corrected chi connectivity index (χ2v) is 12.1.